The van der Waals surface area contributed by atoms with Gasteiger partial charge in [-0.25, -0.2) is 0 Å². The van der Waals surface area contributed by atoms with Crippen molar-refractivity contribution < 1.29 is 14.3 Å². The van der Waals surface area contributed by atoms with Crippen LogP contribution in [0.25, 0.3) is 0 Å². The number of rotatable bonds is 6. The van der Waals surface area contributed by atoms with Gasteiger partial charge in [0, 0.05) is 26.2 Å². The van der Waals surface area contributed by atoms with Gasteiger partial charge < -0.3 is 19.3 Å². The summed E-state index contributed by atoms with van der Waals surface area (Å²) in [5.74, 6) is 1.89. The second-order valence-corrected chi connectivity index (χ2v) is 6.29. The molecule has 1 heterocycles. The number of ether oxygens (including phenoxy) is 2. The standard InChI is InChI=1S/C21H26N2O3/c1-3-26-20-7-5-4-6-19(20)22-12-14-23(15-13-22)21(24)16-17-8-10-18(25-2)11-9-17/h4-11H,3,12-16H2,1-2H3. The number of methoxy groups -OCH3 is 1. The summed E-state index contributed by atoms with van der Waals surface area (Å²) in [5, 5.41) is 0. The highest BCUT2D eigenvalue weighted by molar-refractivity contribution is 5.79. The van der Waals surface area contributed by atoms with Gasteiger partial charge in [-0.05, 0) is 36.8 Å². The van der Waals surface area contributed by atoms with E-state index in [1.165, 1.54) is 0 Å². The number of piperazine rings is 1. The van der Waals surface area contributed by atoms with Crippen LogP contribution in [0.3, 0.4) is 0 Å². The number of hydrogen-bond donors (Lipinski definition) is 0. The molecule has 1 fully saturated rings. The van der Waals surface area contributed by atoms with Crippen molar-refractivity contribution in [3.05, 3.63) is 54.1 Å². The van der Waals surface area contributed by atoms with E-state index in [1.54, 1.807) is 7.11 Å². The summed E-state index contributed by atoms with van der Waals surface area (Å²) in [7, 11) is 1.64. The van der Waals surface area contributed by atoms with Crippen LogP contribution in [-0.4, -0.2) is 50.7 Å². The number of carbonyl (C=O) groups is 1. The number of amides is 1. The fourth-order valence-electron chi connectivity index (χ4n) is 3.22. The van der Waals surface area contributed by atoms with Gasteiger partial charge in [-0.1, -0.05) is 24.3 Å². The second kappa shape index (κ2) is 8.61. The molecule has 2 aromatic rings. The lowest BCUT2D eigenvalue weighted by molar-refractivity contribution is -0.130. The van der Waals surface area contributed by atoms with Crippen molar-refractivity contribution in [2.45, 2.75) is 13.3 Å². The van der Waals surface area contributed by atoms with Crippen molar-refractivity contribution in [1.82, 2.24) is 4.90 Å². The first-order valence-electron chi connectivity index (χ1n) is 9.08. The molecule has 1 aliphatic rings. The molecule has 3 rings (SSSR count). The second-order valence-electron chi connectivity index (χ2n) is 6.29. The van der Waals surface area contributed by atoms with Crippen molar-refractivity contribution in [2.24, 2.45) is 0 Å². The van der Waals surface area contributed by atoms with Gasteiger partial charge >= 0.3 is 0 Å². The van der Waals surface area contributed by atoms with E-state index < -0.39 is 0 Å². The lowest BCUT2D eigenvalue weighted by atomic mass is 10.1. The third-order valence-electron chi connectivity index (χ3n) is 4.65. The highest BCUT2D eigenvalue weighted by Gasteiger charge is 2.22. The minimum atomic E-state index is 0.174. The maximum Gasteiger partial charge on any atom is 0.227 e. The summed E-state index contributed by atoms with van der Waals surface area (Å²) in [6, 6.07) is 15.8. The molecule has 0 aliphatic carbocycles. The Balaban J connectivity index is 1.57. The third-order valence-corrected chi connectivity index (χ3v) is 4.65. The summed E-state index contributed by atoms with van der Waals surface area (Å²) in [4.78, 5) is 16.8. The number of hydrogen-bond acceptors (Lipinski definition) is 4. The van der Waals surface area contributed by atoms with Crippen molar-refractivity contribution in [1.29, 1.82) is 0 Å². The average molecular weight is 354 g/mol. The molecule has 0 bridgehead atoms. The molecule has 5 heteroatoms. The highest BCUT2D eigenvalue weighted by atomic mass is 16.5. The lowest BCUT2D eigenvalue weighted by Crippen LogP contribution is -2.49. The number of nitrogens with zero attached hydrogens (tertiary/aromatic N) is 2. The third kappa shape index (κ3) is 4.28. The molecule has 0 aromatic heterocycles. The average Bonchev–Trinajstić information content (AvgIpc) is 2.69. The van der Waals surface area contributed by atoms with Crippen LogP contribution in [0.15, 0.2) is 48.5 Å². The number of anilines is 1. The van der Waals surface area contributed by atoms with Gasteiger partial charge in [-0.3, -0.25) is 4.79 Å². The van der Waals surface area contributed by atoms with E-state index >= 15 is 0 Å². The predicted molar refractivity (Wildman–Crippen MR) is 103 cm³/mol. The Bertz CT molecular complexity index is 722. The van der Waals surface area contributed by atoms with Crippen molar-refractivity contribution >= 4 is 11.6 Å². The first-order valence-corrected chi connectivity index (χ1v) is 9.08. The molecule has 0 N–H and O–H groups in total. The lowest BCUT2D eigenvalue weighted by Gasteiger charge is -2.36. The largest absolute Gasteiger partial charge is 0.497 e. The molecule has 26 heavy (non-hydrogen) atoms. The van der Waals surface area contributed by atoms with E-state index in [-0.39, 0.29) is 5.91 Å². The number of para-hydroxylation sites is 2. The van der Waals surface area contributed by atoms with Gasteiger partial charge in [0.25, 0.3) is 0 Å². The normalized spacial score (nSPS) is 14.2. The molecular weight excluding hydrogens is 328 g/mol. The van der Waals surface area contributed by atoms with E-state index in [0.29, 0.717) is 13.0 Å². The van der Waals surface area contributed by atoms with Crippen molar-refractivity contribution in [3.63, 3.8) is 0 Å². The van der Waals surface area contributed by atoms with E-state index in [0.717, 1.165) is 48.9 Å². The predicted octanol–water partition coefficient (Wildman–Crippen LogP) is 2.99. The Kier molecular flexibility index (Phi) is 6.00. The van der Waals surface area contributed by atoms with Crippen LogP contribution in [0, 0.1) is 0 Å². The molecule has 0 saturated carbocycles. The number of carbonyl (C=O) groups excluding carboxylic acids is 1. The van der Waals surface area contributed by atoms with Gasteiger partial charge in [0.1, 0.15) is 11.5 Å². The first-order chi connectivity index (χ1) is 12.7. The monoisotopic (exact) mass is 354 g/mol. The number of benzene rings is 2. The Morgan fingerprint density at radius 3 is 2.35 bits per heavy atom. The van der Waals surface area contributed by atoms with E-state index in [4.69, 9.17) is 9.47 Å². The summed E-state index contributed by atoms with van der Waals surface area (Å²) in [5.41, 5.74) is 2.12. The Morgan fingerprint density at radius 2 is 1.69 bits per heavy atom. The topological polar surface area (TPSA) is 42.0 Å². The van der Waals surface area contributed by atoms with Crippen molar-refractivity contribution in [2.75, 3.05) is 44.8 Å². The van der Waals surface area contributed by atoms with Gasteiger partial charge in [0.05, 0.1) is 25.8 Å². The van der Waals surface area contributed by atoms with Crippen LogP contribution >= 0.6 is 0 Å². The molecule has 0 unspecified atom stereocenters. The van der Waals surface area contributed by atoms with Crippen LogP contribution in [0.4, 0.5) is 5.69 Å². The van der Waals surface area contributed by atoms with Crippen LogP contribution in [0.5, 0.6) is 11.5 Å². The SMILES string of the molecule is CCOc1ccccc1N1CCN(C(=O)Cc2ccc(OC)cc2)CC1. The van der Waals surface area contributed by atoms with Gasteiger partial charge in [-0.15, -0.1) is 0 Å². The molecule has 5 nitrogen and oxygen atoms in total. The van der Waals surface area contributed by atoms with Gasteiger partial charge in [0.15, 0.2) is 0 Å². The molecule has 2 aromatic carbocycles. The summed E-state index contributed by atoms with van der Waals surface area (Å²) >= 11 is 0. The molecule has 0 radical (unpaired) electrons. The zero-order chi connectivity index (χ0) is 18.4. The molecule has 1 amide bonds. The van der Waals surface area contributed by atoms with Gasteiger partial charge in [0.2, 0.25) is 5.91 Å². The van der Waals surface area contributed by atoms with E-state index in [9.17, 15) is 4.79 Å². The molecular formula is C21H26N2O3. The van der Waals surface area contributed by atoms with Crippen LogP contribution in [-0.2, 0) is 11.2 Å². The fraction of sp³-hybridized carbons (Fsp3) is 0.381. The Morgan fingerprint density at radius 1 is 1.00 bits per heavy atom. The maximum absolute atomic E-state index is 12.6. The van der Waals surface area contributed by atoms with E-state index in [1.807, 2.05) is 54.3 Å². The highest BCUT2D eigenvalue weighted by Crippen LogP contribution is 2.28. The molecule has 0 atom stereocenters. The fourth-order valence-corrected chi connectivity index (χ4v) is 3.22. The Labute approximate surface area is 155 Å². The zero-order valence-corrected chi connectivity index (χ0v) is 15.5. The molecule has 1 aliphatic heterocycles. The summed E-state index contributed by atoms with van der Waals surface area (Å²) in [6.07, 6.45) is 0.430. The quantitative estimate of drug-likeness (QED) is 0.800. The molecule has 1 saturated heterocycles. The van der Waals surface area contributed by atoms with E-state index in [2.05, 4.69) is 11.0 Å². The van der Waals surface area contributed by atoms with Crippen LogP contribution in [0.1, 0.15) is 12.5 Å². The van der Waals surface area contributed by atoms with Gasteiger partial charge in [-0.2, -0.15) is 0 Å². The minimum Gasteiger partial charge on any atom is -0.497 e. The minimum absolute atomic E-state index is 0.174. The molecule has 138 valence electrons. The summed E-state index contributed by atoms with van der Waals surface area (Å²) in [6.45, 7) is 5.74. The van der Waals surface area contributed by atoms with Crippen LogP contribution in [0.2, 0.25) is 0 Å². The Hall–Kier alpha value is -2.69. The first kappa shape index (κ1) is 18.1. The maximum atomic E-state index is 12.6. The van der Waals surface area contributed by atoms with Crippen molar-refractivity contribution in [3.8, 4) is 11.5 Å². The summed E-state index contributed by atoms with van der Waals surface area (Å²) < 4.78 is 10.9. The zero-order valence-electron chi connectivity index (χ0n) is 15.5. The smallest absolute Gasteiger partial charge is 0.227 e. The van der Waals surface area contributed by atoms with Crippen LogP contribution < -0.4 is 14.4 Å². The molecule has 0 spiro atoms.